The van der Waals surface area contributed by atoms with Gasteiger partial charge in [0, 0.05) is 13.1 Å². The van der Waals surface area contributed by atoms with Crippen molar-refractivity contribution in [1.82, 2.24) is 15.5 Å². The summed E-state index contributed by atoms with van der Waals surface area (Å²) in [4.78, 5) is 7.25. The maximum Gasteiger partial charge on any atom is 0.191 e. The topological polar surface area (TPSA) is 39.7 Å². The number of rotatable bonds is 7. The summed E-state index contributed by atoms with van der Waals surface area (Å²) in [6.07, 6.45) is 3.86. The molecule has 0 saturated carbocycles. The molecular formula is C18H30N4. The van der Waals surface area contributed by atoms with Crippen molar-refractivity contribution in [2.24, 2.45) is 4.99 Å². The van der Waals surface area contributed by atoms with Crippen LogP contribution in [0.3, 0.4) is 0 Å². The second-order valence-electron chi connectivity index (χ2n) is 5.94. The fraction of sp³-hybridized carbons (Fsp3) is 0.611. The summed E-state index contributed by atoms with van der Waals surface area (Å²) in [6, 6.07) is 10.8. The van der Waals surface area contributed by atoms with Crippen molar-refractivity contribution in [2.45, 2.75) is 39.2 Å². The van der Waals surface area contributed by atoms with E-state index in [9.17, 15) is 0 Å². The van der Waals surface area contributed by atoms with Gasteiger partial charge in [-0.2, -0.15) is 0 Å². The molecule has 2 N–H and O–H groups in total. The Morgan fingerprint density at radius 3 is 2.64 bits per heavy atom. The molecule has 1 atom stereocenters. The van der Waals surface area contributed by atoms with Gasteiger partial charge >= 0.3 is 0 Å². The van der Waals surface area contributed by atoms with Gasteiger partial charge in [-0.15, -0.1) is 0 Å². The number of nitrogens with zero attached hydrogens (tertiary/aromatic N) is 2. The Balaban J connectivity index is 1.78. The Bertz CT molecular complexity index is 438. The second kappa shape index (κ2) is 9.46. The molecule has 0 bridgehead atoms. The Hall–Kier alpha value is -1.55. The van der Waals surface area contributed by atoms with Crippen LogP contribution < -0.4 is 10.6 Å². The fourth-order valence-corrected chi connectivity index (χ4v) is 2.84. The van der Waals surface area contributed by atoms with Crippen molar-refractivity contribution in [1.29, 1.82) is 0 Å². The Morgan fingerprint density at radius 1 is 1.23 bits per heavy atom. The van der Waals surface area contributed by atoms with Crippen LogP contribution in [0.4, 0.5) is 0 Å². The molecule has 0 radical (unpaired) electrons. The monoisotopic (exact) mass is 302 g/mol. The summed E-state index contributed by atoms with van der Waals surface area (Å²) >= 11 is 0. The lowest BCUT2D eigenvalue weighted by atomic mass is 10.1. The highest BCUT2D eigenvalue weighted by molar-refractivity contribution is 5.80. The van der Waals surface area contributed by atoms with Crippen LogP contribution in [-0.4, -0.2) is 43.6 Å². The van der Waals surface area contributed by atoms with E-state index in [0.29, 0.717) is 0 Å². The lowest BCUT2D eigenvalue weighted by Gasteiger charge is -2.18. The molecule has 1 saturated heterocycles. The molecule has 1 heterocycles. The third-order valence-electron chi connectivity index (χ3n) is 4.10. The highest BCUT2D eigenvalue weighted by Gasteiger charge is 2.10. The molecular weight excluding hydrogens is 272 g/mol. The van der Waals surface area contributed by atoms with Gasteiger partial charge in [-0.25, -0.2) is 0 Å². The van der Waals surface area contributed by atoms with Crippen LogP contribution in [0.25, 0.3) is 0 Å². The zero-order chi connectivity index (χ0) is 15.6. The van der Waals surface area contributed by atoms with Crippen LogP contribution in [0.2, 0.25) is 0 Å². The third kappa shape index (κ3) is 5.68. The average Bonchev–Trinajstić information content (AvgIpc) is 3.06. The fourth-order valence-electron chi connectivity index (χ4n) is 2.84. The predicted octanol–water partition coefficient (Wildman–Crippen LogP) is 2.79. The Kier molecular flexibility index (Phi) is 7.23. The number of guanidine groups is 1. The molecule has 1 unspecified atom stereocenters. The molecule has 122 valence electrons. The number of nitrogens with one attached hydrogen (secondary N) is 2. The van der Waals surface area contributed by atoms with Gasteiger partial charge < -0.3 is 15.5 Å². The SMILES string of the molecule is CCNC(=NCCCN1CCCC1)NC(C)c1ccccc1. The van der Waals surface area contributed by atoms with E-state index in [1.807, 2.05) is 6.07 Å². The summed E-state index contributed by atoms with van der Waals surface area (Å²) in [5.74, 6) is 0.917. The first-order valence-corrected chi connectivity index (χ1v) is 8.61. The molecule has 4 nitrogen and oxygen atoms in total. The van der Waals surface area contributed by atoms with Crippen LogP contribution in [0.15, 0.2) is 35.3 Å². The molecule has 0 aromatic heterocycles. The standard InChI is InChI=1S/C18H30N4/c1-3-19-18(20-12-9-15-22-13-7-8-14-22)21-16(2)17-10-5-4-6-11-17/h4-6,10-11,16H,3,7-9,12-15H2,1-2H3,(H2,19,20,21). The molecule has 22 heavy (non-hydrogen) atoms. The quantitative estimate of drug-likeness (QED) is 0.462. The van der Waals surface area contributed by atoms with E-state index in [1.54, 1.807) is 0 Å². The lowest BCUT2D eigenvalue weighted by Crippen LogP contribution is -2.38. The zero-order valence-electron chi connectivity index (χ0n) is 14.0. The molecule has 0 spiro atoms. The molecule has 0 amide bonds. The summed E-state index contributed by atoms with van der Waals surface area (Å²) in [5.41, 5.74) is 1.28. The van der Waals surface area contributed by atoms with Gasteiger partial charge in [-0.05, 0) is 58.3 Å². The first-order chi connectivity index (χ1) is 10.8. The van der Waals surface area contributed by atoms with Gasteiger partial charge in [0.2, 0.25) is 0 Å². The normalized spacial score (nSPS) is 17.5. The predicted molar refractivity (Wildman–Crippen MR) is 94.3 cm³/mol. The van der Waals surface area contributed by atoms with Crippen molar-refractivity contribution in [3.63, 3.8) is 0 Å². The van der Waals surface area contributed by atoms with E-state index in [4.69, 9.17) is 4.99 Å². The molecule has 1 aromatic carbocycles. The van der Waals surface area contributed by atoms with Crippen molar-refractivity contribution in [3.8, 4) is 0 Å². The number of hydrogen-bond acceptors (Lipinski definition) is 2. The Labute approximate surface area is 135 Å². The van der Waals surface area contributed by atoms with Gasteiger partial charge in [0.25, 0.3) is 0 Å². The molecule has 1 aliphatic rings. The van der Waals surface area contributed by atoms with Crippen molar-refractivity contribution < 1.29 is 0 Å². The van der Waals surface area contributed by atoms with Gasteiger partial charge in [-0.3, -0.25) is 4.99 Å². The summed E-state index contributed by atoms with van der Waals surface area (Å²) < 4.78 is 0. The first-order valence-electron chi connectivity index (χ1n) is 8.61. The van der Waals surface area contributed by atoms with Crippen LogP contribution in [0.5, 0.6) is 0 Å². The van der Waals surface area contributed by atoms with E-state index in [1.165, 1.54) is 38.0 Å². The molecule has 1 fully saturated rings. The zero-order valence-corrected chi connectivity index (χ0v) is 14.0. The molecule has 4 heteroatoms. The number of benzene rings is 1. The second-order valence-corrected chi connectivity index (χ2v) is 5.94. The van der Waals surface area contributed by atoms with Gasteiger partial charge in [0.15, 0.2) is 5.96 Å². The number of aliphatic imine (C=N–C) groups is 1. The summed E-state index contributed by atoms with van der Waals surface area (Å²) in [5, 5.41) is 6.82. The maximum atomic E-state index is 4.71. The van der Waals surface area contributed by atoms with Gasteiger partial charge in [0.05, 0.1) is 6.04 Å². The van der Waals surface area contributed by atoms with E-state index in [-0.39, 0.29) is 6.04 Å². The maximum absolute atomic E-state index is 4.71. The molecule has 0 aliphatic carbocycles. The van der Waals surface area contributed by atoms with Crippen molar-refractivity contribution in [3.05, 3.63) is 35.9 Å². The number of likely N-dealkylation sites (tertiary alicyclic amines) is 1. The molecule has 1 aliphatic heterocycles. The van der Waals surface area contributed by atoms with Crippen LogP contribution in [0, 0.1) is 0 Å². The van der Waals surface area contributed by atoms with E-state index in [0.717, 1.165) is 25.5 Å². The highest BCUT2D eigenvalue weighted by atomic mass is 15.2. The summed E-state index contributed by atoms with van der Waals surface area (Å²) in [6.45, 7) is 9.77. The third-order valence-corrected chi connectivity index (χ3v) is 4.10. The smallest absolute Gasteiger partial charge is 0.191 e. The highest BCUT2D eigenvalue weighted by Crippen LogP contribution is 2.11. The molecule has 1 aromatic rings. The summed E-state index contributed by atoms with van der Waals surface area (Å²) in [7, 11) is 0. The Morgan fingerprint density at radius 2 is 1.95 bits per heavy atom. The largest absolute Gasteiger partial charge is 0.357 e. The number of hydrogen-bond donors (Lipinski definition) is 2. The van der Waals surface area contributed by atoms with Crippen LogP contribution in [-0.2, 0) is 0 Å². The van der Waals surface area contributed by atoms with Crippen molar-refractivity contribution >= 4 is 5.96 Å². The van der Waals surface area contributed by atoms with Gasteiger partial charge in [0.1, 0.15) is 0 Å². The minimum Gasteiger partial charge on any atom is -0.357 e. The average molecular weight is 302 g/mol. The molecule has 2 rings (SSSR count). The van der Waals surface area contributed by atoms with E-state index >= 15 is 0 Å². The lowest BCUT2D eigenvalue weighted by molar-refractivity contribution is 0.336. The van der Waals surface area contributed by atoms with Gasteiger partial charge in [-0.1, -0.05) is 30.3 Å². The minimum atomic E-state index is 0.262. The van der Waals surface area contributed by atoms with Crippen LogP contribution >= 0.6 is 0 Å². The van der Waals surface area contributed by atoms with Crippen LogP contribution in [0.1, 0.15) is 44.7 Å². The minimum absolute atomic E-state index is 0.262. The van der Waals surface area contributed by atoms with E-state index < -0.39 is 0 Å². The first kappa shape index (κ1) is 16.8. The van der Waals surface area contributed by atoms with Crippen molar-refractivity contribution in [2.75, 3.05) is 32.7 Å². The van der Waals surface area contributed by atoms with E-state index in [2.05, 4.69) is 53.6 Å².